The lowest BCUT2D eigenvalue weighted by Gasteiger charge is -2.25. The minimum Gasteiger partial charge on any atom is -0.454 e. The number of aromatic nitrogens is 2. The van der Waals surface area contributed by atoms with Crippen LogP contribution in [0.3, 0.4) is 0 Å². The van der Waals surface area contributed by atoms with Gasteiger partial charge in [-0.1, -0.05) is 6.07 Å². The van der Waals surface area contributed by atoms with Crippen molar-refractivity contribution in [3.63, 3.8) is 0 Å². The summed E-state index contributed by atoms with van der Waals surface area (Å²) in [7, 11) is 1.99. The monoisotopic (exact) mass is 340 g/mol. The Labute approximate surface area is 147 Å². The smallest absolute Gasteiger partial charge is 0.231 e. The number of hydrogen-bond donors (Lipinski definition) is 0. The van der Waals surface area contributed by atoms with Crippen molar-refractivity contribution in [1.82, 2.24) is 19.6 Å². The highest BCUT2D eigenvalue weighted by molar-refractivity contribution is 5.44. The van der Waals surface area contributed by atoms with Crippen molar-refractivity contribution >= 4 is 0 Å². The summed E-state index contributed by atoms with van der Waals surface area (Å²) in [6.45, 7) is 4.72. The molecular weight excluding hydrogens is 316 g/mol. The Kier molecular flexibility index (Phi) is 3.68. The quantitative estimate of drug-likeness (QED) is 0.852. The van der Waals surface area contributed by atoms with E-state index in [4.69, 9.17) is 9.47 Å². The van der Waals surface area contributed by atoms with Crippen molar-refractivity contribution < 1.29 is 9.47 Å². The summed E-state index contributed by atoms with van der Waals surface area (Å²) in [6.07, 6.45) is 6.64. The van der Waals surface area contributed by atoms with Crippen LogP contribution in [0.25, 0.3) is 0 Å². The molecule has 5 rings (SSSR count). The third-order valence-electron chi connectivity index (χ3n) is 5.77. The average molecular weight is 340 g/mol. The lowest BCUT2D eigenvalue weighted by Crippen LogP contribution is -2.35. The van der Waals surface area contributed by atoms with Crippen LogP contribution in [0.15, 0.2) is 30.6 Å². The fourth-order valence-electron chi connectivity index (χ4n) is 4.62. The summed E-state index contributed by atoms with van der Waals surface area (Å²) in [6, 6.07) is 7.69. The standard InChI is InChI=1S/C19H24N4O2/c1-21-10-15(9-20-21)12-23-7-5-16-17(23)4-6-22(16)11-14-2-3-18-19(8-14)25-13-24-18/h2-3,8-10,16-17H,4-7,11-13H2,1H3/t16-,17+/m1/s1. The minimum atomic E-state index is 0.344. The highest BCUT2D eigenvalue weighted by Gasteiger charge is 2.42. The molecule has 0 aliphatic carbocycles. The maximum absolute atomic E-state index is 5.52. The molecule has 132 valence electrons. The predicted molar refractivity (Wildman–Crippen MR) is 93.4 cm³/mol. The highest BCUT2D eigenvalue weighted by atomic mass is 16.7. The van der Waals surface area contributed by atoms with Gasteiger partial charge in [0.05, 0.1) is 6.20 Å². The van der Waals surface area contributed by atoms with Gasteiger partial charge in [-0.15, -0.1) is 0 Å². The van der Waals surface area contributed by atoms with E-state index in [-0.39, 0.29) is 0 Å². The summed E-state index contributed by atoms with van der Waals surface area (Å²) in [5.74, 6) is 1.75. The van der Waals surface area contributed by atoms with Crippen LogP contribution >= 0.6 is 0 Å². The fourth-order valence-corrected chi connectivity index (χ4v) is 4.62. The lowest BCUT2D eigenvalue weighted by atomic mass is 10.1. The number of ether oxygens (including phenoxy) is 2. The Morgan fingerprint density at radius 2 is 1.72 bits per heavy atom. The van der Waals surface area contributed by atoms with Gasteiger partial charge in [-0.05, 0) is 30.5 Å². The molecule has 0 radical (unpaired) electrons. The van der Waals surface area contributed by atoms with Crippen LogP contribution in [-0.2, 0) is 20.1 Å². The second-order valence-electron chi connectivity index (χ2n) is 7.36. The Morgan fingerprint density at radius 1 is 1.00 bits per heavy atom. The Morgan fingerprint density at radius 3 is 2.44 bits per heavy atom. The maximum Gasteiger partial charge on any atom is 0.231 e. The van der Waals surface area contributed by atoms with Gasteiger partial charge in [0.15, 0.2) is 11.5 Å². The first-order chi connectivity index (χ1) is 12.3. The zero-order valence-electron chi connectivity index (χ0n) is 14.6. The Hall–Kier alpha value is -2.05. The molecule has 0 spiro atoms. The normalized spacial score (nSPS) is 25.6. The van der Waals surface area contributed by atoms with Gasteiger partial charge < -0.3 is 9.47 Å². The van der Waals surface area contributed by atoms with Gasteiger partial charge in [0.25, 0.3) is 0 Å². The molecule has 0 saturated carbocycles. The zero-order valence-corrected chi connectivity index (χ0v) is 14.6. The summed E-state index contributed by atoms with van der Waals surface area (Å²) in [5, 5.41) is 4.30. The molecule has 0 N–H and O–H groups in total. The molecule has 0 amide bonds. The van der Waals surface area contributed by atoms with Gasteiger partial charge in [-0.2, -0.15) is 5.10 Å². The summed E-state index contributed by atoms with van der Waals surface area (Å²) in [4.78, 5) is 5.28. The van der Waals surface area contributed by atoms with Crippen LogP contribution in [0.4, 0.5) is 0 Å². The van der Waals surface area contributed by atoms with E-state index in [2.05, 4.69) is 33.2 Å². The largest absolute Gasteiger partial charge is 0.454 e. The van der Waals surface area contributed by atoms with E-state index in [1.807, 2.05) is 24.0 Å². The first kappa shape index (κ1) is 15.2. The van der Waals surface area contributed by atoms with Crippen LogP contribution in [0.1, 0.15) is 24.0 Å². The van der Waals surface area contributed by atoms with E-state index in [1.165, 1.54) is 37.1 Å². The molecular formula is C19H24N4O2. The molecule has 0 bridgehead atoms. The van der Waals surface area contributed by atoms with E-state index in [9.17, 15) is 0 Å². The van der Waals surface area contributed by atoms with Gasteiger partial charge in [0, 0.05) is 57.1 Å². The Bertz CT molecular complexity index is 775. The van der Waals surface area contributed by atoms with Crippen LogP contribution in [0.2, 0.25) is 0 Å². The molecule has 1 aromatic heterocycles. The molecule has 2 fully saturated rings. The SMILES string of the molecule is Cn1cc(CN2CC[C@@H]3[C@@H]2CCN3Cc2ccc3c(c2)OCO3)cn1. The minimum absolute atomic E-state index is 0.344. The molecule has 3 aliphatic rings. The number of rotatable bonds is 4. The summed E-state index contributed by atoms with van der Waals surface area (Å²) in [5.41, 5.74) is 2.63. The number of hydrogen-bond acceptors (Lipinski definition) is 5. The highest BCUT2D eigenvalue weighted by Crippen LogP contribution is 2.36. The van der Waals surface area contributed by atoms with Crippen molar-refractivity contribution in [3.8, 4) is 11.5 Å². The van der Waals surface area contributed by atoms with E-state index in [1.54, 1.807) is 0 Å². The van der Waals surface area contributed by atoms with E-state index in [0.717, 1.165) is 24.6 Å². The van der Waals surface area contributed by atoms with E-state index in [0.29, 0.717) is 18.9 Å². The number of benzene rings is 1. The molecule has 0 unspecified atom stereocenters. The van der Waals surface area contributed by atoms with Crippen molar-refractivity contribution in [2.24, 2.45) is 7.05 Å². The van der Waals surface area contributed by atoms with Crippen molar-refractivity contribution in [1.29, 1.82) is 0 Å². The fraction of sp³-hybridized carbons (Fsp3) is 0.526. The molecule has 3 aliphatic heterocycles. The predicted octanol–water partition coefficient (Wildman–Crippen LogP) is 2.00. The summed E-state index contributed by atoms with van der Waals surface area (Å²) >= 11 is 0. The van der Waals surface area contributed by atoms with Crippen LogP contribution in [0.5, 0.6) is 11.5 Å². The maximum atomic E-state index is 5.52. The molecule has 4 heterocycles. The number of nitrogens with zero attached hydrogens (tertiary/aromatic N) is 4. The third-order valence-corrected chi connectivity index (χ3v) is 5.77. The van der Waals surface area contributed by atoms with Crippen LogP contribution in [0, 0.1) is 0 Å². The lowest BCUT2D eigenvalue weighted by molar-refractivity contribution is 0.174. The topological polar surface area (TPSA) is 42.8 Å². The second-order valence-corrected chi connectivity index (χ2v) is 7.36. The second kappa shape index (κ2) is 6.04. The molecule has 6 heteroatoms. The number of fused-ring (bicyclic) bond motifs is 2. The van der Waals surface area contributed by atoms with Crippen LogP contribution in [-0.4, -0.2) is 51.5 Å². The third kappa shape index (κ3) is 2.79. The number of aryl methyl sites for hydroxylation is 1. The van der Waals surface area contributed by atoms with Crippen molar-refractivity contribution in [3.05, 3.63) is 41.7 Å². The first-order valence-corrected chi connectivity index (χ1v) is 9.10. The molecule has 6 nitrogen and oxygen atoms in total. The number of likely N-dealkylation sites (tertiary alicyclic amines) is 2. The van der Waals surface area contributed by atoms with Gasteiger partial charge in [-0.25, -0.2) is 0 Å². The van der Waals surface area contributed by atoms with Gasteiger partial charge in [0.1, 0.15) is 0 Å². The van der Waals surface area contributed by atoms with E-state index >= 15 is 0 Å². The van der Waals surface area contributed by atoms with E-state index < -0.39 is 0 Å². The first-order valence-electron chi connectivity index (χ1n) is 9.10. The zero-order chi connectivity index (χ0) is 16.8. The molecule has 2 aromatic rings. The van der Waals surface area contributed by atoms with Gasteiger partial charge in [-0.3, -0.25) is 14.5 Å². The molecule has 2 atom stereocenters. The molecule has 2 saturated heterocycles. The molecule has 1 aromatic carbocycles. The van der Waals surface area contributed by atoms with Crippen molar-refractivity contribution in [2.45, 2.75) is 38.0 Å². The van der Waals surface area contributed by atoms with Gasteiger partial charge in [0.2, 0.25) is 6.79 Å². The van der Waals surface area contributed by atoms with Crippen molar-refractivity contribution in [2.75, 3.05) is 19.9 Å². The average Bonchev–Trinajstić information content (AvgIpc) is 3.35. The van der Waals surface area contributed by atoms with Gasteiger partial charge >= 0.3 is 0 Å². The summed E-state index contributed by atoms with van der Waals surface area (Å²) < 4.78 is 12.8. The Balaban J connectivity index is 1.25. The van der Waals surface area contributed by atoms with Crippen LogP contribution < -0.4 is 9.47 Å². The molecule has 25 heavy (non-hydrogen) atoms.